The van der Waals surface area contributed by atoms with Crippen LogP contribution in [0.25, 0.3) is 0 Å². The van der Waals surface area contributed by atoms with Gasteiger partial charge in [0.2, 0.25) is 0 Å². The maximum atomic E-state index is 14.5. The summed E-state index contributed by atoms with van der Waals surface area (Å²) >= 11 is 0. The zero-order valence-electron chi connectivity index (χ0n) is 16.2. The summed E-state index contributed by atoms with van der Waals surface area (Å²) < 4.78 is 20.5. The fraction of sp³-hybridized carbons (Fsp3) is 0.435. The molecule has 5 heteroatoms. The largest absolute Gasteiger partial charge is 0.488 e. The molecule has 4 rings (SSSR count). The highest BCUT2D eigenvalue weighted by atomic mass is 19.1. The lowest BCUT2D eigenvalue weighted by atomic mass is 10.0. The quantitative estimate of drug-likeness (QED) is 0.782. The minimum Gasteiger partial charge on any atom is -0.488 e. The summed E-state index contributed by atoms with van der Waals surface area (Å²) in [7, 11) is 0. The molecule has 1 N–H and O–H groups in total. The molecule has 0 radical (unpaired) electrons. The van der Waals surface area contributed by atoms with Gasteiger partial charge in [0.05, 0.1) is 0 Å². The Hall–Kier alpha value is -2.40. The second kappa shape index (κ2) is 7.92. The van der Waals surface area contributed by atoms with Crippen LogP contribution in [-0.2, 0) is 6.54 Å². The van der Waals surface area contributed by atoms with Crippen molar-refractivity contribution in [3.05, 3.63) is 64.5 Å². The summed E-state index contributed by atoms with van der Waals surface area (Å²) in [4.78, 5) is 14.0. The summed E-state index contributed by atoms with van der Waals surface area (Å²) in [6, 6.07) is 11.2. The molecule has 1 aliphatic carbocycles. The van der Waals surface area contributed by atoms with E-state index >= 15 is 0 Å². The minimum absolute atomic E-state index is 0.0685. The molecule has 1 saturated carbocycles. The van der Waals surface area contributed by atoms with Gasteiger partial charge in [-0.3, -0.25) is 4.90 Å². The van der Waals surface area contributed by atoms with Crippen LogP contribution >= 0.6 is 0 Å². The van der Waals surface area contributed by atoms with Gasteiger partial charge in [0, 0.05) is 19.2 Å². The molecule has 2 fully saturated rings. The number of halogens is 1. The van der Waals surface area contributed by atoms with E-state index < -0.39 is 5.97 Å². The number of carboxylic acids is 1. The van der Waals surface area contributed by atoms with Gasteiger partial charge < -0.3 is 9.84 Å². The molecule has 1 heterocycles. The topological polar surface area (TPSA) is 49.8 Å². The molecule has 0 aromatic heterocycles. The van der Waals surface area contributed by atoms with Gasteiger partial charge >= 0.3 is 5.97 Å². The predicted octanol–water partition coefficient (Wildman–Crippen LogP) is 4.75. The SMILES string of the molecule is Cc1ccc(CN2CCCC(Oc3cc(F)c(C4CC4)cc3C(=O)O)C2)cc1. The summed E-state index contributed by atoms with van der Waals surface area (Å²) in [6.07, 6.45) is 3.53. The molecular weight excluding hydrogens is 357 g/mol. The lowest BCUT2D eigenvalue weighted by molar-refractivity contribution is 0.0662. The number of hydrogen-bond acceptors (Lipinski definition) is 3. The average molecular weight is 383 g/mol. The van der Waals surface area contributed by atoms with E-state index in [4.69, 9.17) is 4.74 Å². The van der Waals surface area contributed by atoms with Crippen LogP contribution in [0.3, 0.4) is 0 Å². The summed E-state index contributed by atoms with van der Waals surface area (Å²) in [5, 5.41) is 9.57. The standard InChI is InChI=1S/C23H26FNO3/c1-15-4-6-16(7-5-15)13-25-10-2-3-18(14-25)28-22-12-21(24)19(17-8-9-17)11-20(22)23(26)27/h4-7,11-12,17-18H,2-3,8-10,13-14H2,1H3,(H,26,27). The van der Waals surface area contributed by atoms with Crippen LogP contribution in [0.1, 0.15) is 58.6 Å². The number of ether oxygens (including phenoxy) is 1. The third-order valence-electron chi connectivity index (χ3n) is 5.63. The normalized spacial score (nSPS) is 20.1. The third kappa shape index (κ3) is 4.36. The highest BCUT2D eigenvalue weighted by Gasteiger charge is 2.30. The van der Waals surface area contributed by atoms with Crippen molar-refractivity contribution in [2.45, 2.75) is 51.2 Å². The van der Waals surface area contributed by atoms with Gasteiger partial charge in [-0.25, -0.2) is 9.18 Å². The van der Waals surface area contributed by atoms with Gasteiger partial charge in [0.25, 0.3) is 0 Å². The minimum atomic E-state index is -1.07. The number of carbonyl (C=O) groups is 1. The molecule has 0 spiro atoms. The first-order chi connectivity index (χ1) is 13.5. The van der Waals surface area contributed by atoms with Crippen LogP contribution in [0.2, 0.25) is 0 Å². The molecule has 1 saturated heterocycles. The highest BCUT2D eigenvalue weighted by Crippen LogP contribution is 2.43. The van der Waals surface area contributed by atoms with Gasteiger partial charge in [-0.05, 0) is 62.3 Å². The van der Waals surface area contributed by atoms with Crippen molar-refractivity contribution < 1.29 is 19.0 Å². The highest BCUT2D eigenvalue weighted by molar-refractivity contribution is 5.91. The van der Waals surface area contributed by atoms with E-state index in [9.17, 15) is 14.3 Å². The first-order valence-electron chi connectivity index (χ1n) is 10.0. The average Bonchev–Trinajstić information content (AvgIpc) is 3.49. The van der Waals surface area contributed by atoms with E-state index in [-0.39, 0.29) is 29.2 Å². The number of hydrogen-bond donors (Lipinski definition) is 1. The maximum Gasteiger partial charge on any atom is 0.339 e. The van der Waals surface area contributed by atoms with Crippen LogP contribution in [0.15, 0.2) is 36.4 Å². The first kappa shape index (κ1) is 18.9. The zero-order chi connectivity index (χ0) is 19.7. The Morgan fingerprint density at radius 2 is 1.96 bits per heavy atom. The van der Waals surface area contributed by atoms with Gasteiger partial charge in [-0.2, -0.15) is 0 Å². The Labute approximate surface area is 164 Å². The smallest absolute Gasteiger partial charge is 0.339 e. The van der Waals surface area contributed by atoms with Gasteiger partial charge in [0.1, 0.15) is 23.2 Å². The predicted molar refractivity (Wildman–Crippen MR) is 105 cm³/mol. The Morgan fingerprint density at radius 1 is 1.21 bits per heavy atom. The molecule has 28 heavy (non-hydrogen) atoms. The second-order valence-corrected chi connectivity index (χ2v) is 8.05. The zero-order valence-corrected chi connectivity index (χ0v) is 16.2. The van der Waals surface area contributed by atoms with Crippen LogP contribution in [-0.4, -0.2) is 35.2 Å². The molecule has 1 aliphatic heterocycles. The van der Waals surface area contributed by atoms with Crippen molar-refractivity contribution in [2.75, 3.05) is 13.1 Å². The molecule has 148 valence electrons. The number of aryl methyl sites for hydroxylation is 1. The number of benzene rings is 2. The monoisotopic (exact) mass is 383 g/mol. The summed E-state index contributed by atoms with van der Waals surface area (Å²) in [5.41, 5.74) is 3.06. The Morgan fingerprint density at radius 3 is 2.64 bits per heavy atom. The summed E-state index contributed by atoms with van der Waals surface area (Å²) in [6.45, 7) is 4.59. The Balaban J connectivity index is 1.46. The molecule has 0 bridgehead atoms. The molecular formula is C23H26FNO3. The lowest BCUT2D eigenvalue weighted by Gasteiger charge is -2.33. The lowest BCUT2D eigenvalue weighted by Crippen LogP contribution is -2.40. The van der Waals surface area contributed by atoms with Crippen molar-refractivity contribution in [1.29, 1.82) is 0 Å². The maximum absolute atomic E-state index is 14.5. The van der Waals surface area contributed by atoms with Crippen LogP contribution in [0.4, 0.5) is 4.39 Å². The van der Waals surface area contributed by atoms with E-state index in [1.54, 1.807) is 0 Å². The molecule has 1 atom stereocenters. The summed E-state index contributed by atoms with van der Waals surface area (Å²) in [5.74, 6) is -1.11. The number of rotatable bonds is 6. The fourth-order valence-corrected chi connectivity index (χ4v) is 3.93. The van der Waals surface area contributed by atoms with Gasteiger partial charge in [-0.1, -0.05) is 29.8 Å². The molecule has 4 nitrogen and oxygen atoms in total. The van der Waals surface area contributed by atoms with E-state index in [0.717, 1.165) is 38.8 Å². The van der Waals surface area contributed by atoms with Crippen LogP contribution in [0.5, 0.6) is 5.75 Å². The Bertz CT molecular complexity index is 861. The fourth-order valence-electron chi connectivity index (χ4n) is 3.93. The Kier molecular flexibility index (Phi) is 5.36. The van der Waals surface area contributed by atoms with Crippen molar-refractivity contribution >= 4 is 5.97 Å². The van der Waals surface area contributed by atoms with Crippen molar-refractivity contribution in [1.82, 2.24) is 4.90 Å². The van der Waals surface area contributed by atoms with Crippen molar-refractivity contribution in [2.24, 2.45) is 0 Å². The van der Waals surface area contributed by atoms with Gasteiger partial charge in [-0.15, -0.1) is 0 Å². The number of carboxylic acid groups (broad SMARTS) is 1. The number of aromatic carboxylic acids is 1. The van der Waals surface area contributed by atoms with Crippen molar-refractivity contribution in [3.63, 3.8) is 0 Å². The third-order valence-corrected chi connectivity index (χ3v) is 5.63. The van der Waals surface area contributed by atoms with Gasteiger partial charge in [0.15, 0.2) is 0 Å². The van der Waals surface area contributed by atoms with Crippen LogP contribution < -0.4 is 4.74 Å². The number of nitrogens with zero attached hydrogens (tertiary/aromatic N) is 1. The molecule has 2 aromatic rings. The number of piperidine rings is 1. The van der Waals surface area contributed by atoms with E-state index in [1.165, 1.54) is 23.3 Å². The second-order valence-electron chi connectivity index (χ2n) is 8.05. The number of likely N-dealkylation sites (tertiary alicyclic amines) is 1. The van der Waals surface area contributed by atoms with E-state index in [2.05, 4.69) is 36.1 Å². The van der Waals surface area contributed by atoms with Crippen molar-refractivity contribution in [3.8, 4) is 5.75 Å². The van der Waals surface area contributed by atoms with E-state index in [0.29, 0.717) is 12.1 Å². The molecule has 2 aliphatic rings. The molecule has 0 amide bonds. The first-order valence-corrected chi connectivity index (χ1v) is 10.0. The van der Waals surface area contributed by atoms with E-state index in [1.807, 2.05) is 0 Å². The van der Waals surface area contributed by atoms with Crippen LogP contribution in [0, 0.1) is 12.7 Å². The molecule has 2 aromatic carbocycles. The molecule has 1 unspecified atom stereocenters.